The molecule has 0 aromatic heterocycles. The van der Waals surface area contributed by atoms with Gasteiger partial charge in [-0.25, -0.2) is 0 Å². The summed E-state index contributed by atoms with van der Waals surface area (Å²) in [6, 6.07) is 0. The fraction of sp³-hybridized carbons (Fsp3) is 0. The summed E-state index contributed by atoms with van der Waals surface area (Å²) in [5.41, 5.74) is 0. The first kappa shape index (κ1) is 64.2. The molecule has 0 saturated carbocycles. The van der Waals surface area contributed by atoms with E-state index in [-0.39, 0.29) is 134 Å². The van der Waals surface area contributed by atoms with E-state index in [2.05, 4.69) is 0 Å². The van der Waals surface area contributed by atoms with Crippen LogP contribution in [0.25, 0.3) is 0 Å². The second-order valence-electron chi connectivity index (χ2n) is 2.04. The molecule has 0 aliphatic heterocycles. The molecule has 30 heteroatoms. The smallest absolute Gasteiger partial charge is 0.759 e. The molecule has 0 aromatic carbocycles. The molecule has 0 bridgehead atoms. The quantitative estimate of drug-likeness (QED) is 0.130. The van der Waals surface area contributed by atoms with Crippen LogP contribution in [0.2, 0.25) is 0 Å². The molecule has 0 spiro atoms. The fourth-order valence-electron chi connectivity index (χ4n) is 0. The second kappa shape index (κ2) is 29.0. The molecule has 0 amide bonds. The van der Waals surface area contributed by atoms with Gasteiger partial charge in [-0.3, -0.25) is 42.1 Å². The van der Waals surface area contributed by atoms with Crippen molar-refractivity contribution in [2.45, 2.75) is 0 Å². The Hall–Kier alpha value is 3.79. The third-order valence-electron chi connectivity index (χ3n) is 0. The maximum Gasteiger partial charge on any atom is 4.00 e. The van der Waals surface area contributed by atoms with Gasteiger partial charge in [-0.15, -0.1) is 0 Å². The van der Waals surface area contributed by atoms with Crippen molar-refractivity contribution in [3.8, 4) is 0 Å². The SMILES string of the molecule is O=S(=O)([O-])[O-].O=S(=O)([O-])[O-].O=S(=O)([O-])[O-].O=S(=O)([O-])[O-].O=S(=O)([O-])[O-].[Al+3].[Ca+2].[Mg+2].[Na+].[Zr+4]. The van der Waals surface area contributed by atoms with Gasteiger partial charge in [0.15, 0.2) is 0 Å². The van der Waals surface area contributed by atoms with Crippen molar-refractivity contribution in [3.05, 3.63) is 0 Å². The van der Waals surface area contributed by atoms with Crippen LogP contribution < -0.4 is 29.6 Å². The number of hydrogen-bond acceptors (Lipinski definition) is 20. The van der Waals surface area contributed by atoms with Crippen molar-refractivity contribution in [1.29, 1.82) is 0 Å². The molecule has 0 fully saturated rings. The Labute approximate surface area is 268 Å². The largest absolute Gasteiger partial charge is 4.00 e. The van der Waals surface area contributed by atoms with Crippen LogP contribution in [-0.4, -0.2) is 166 Å². The first-order chi connectivity index (χ1) is 10.0. The van der Waals surface area contributed by atoms with Crippen molar-refractivity contribution in [2.75, 3.05) is 0 Å². The topological polar surface area (TPSA) is 401 Å². The van der Waals surface area contributed by atoms with E-state index < -0.39 is 52.0 Å². The van der Waals surface area contributed by atoms with E-state index >= 15 is 0 Å². The third kappa shape index (κ3) is 2100. The third-order valence-corrected chi connectivity index (χ3v) is 0. The minimum atomic E-state index is -5.17. The van der Waals surface area contributed by atoms with Gasteiger partial charge in [0.25, 0.3) is 0 Å². The Morgan fingerprint density at radius 1 is 0.367 bits per heavy atom. The Morgan fingerprint density at radius 2 is 0.367 bits per heavy atom. The van der Waals surface area contributed by atoms with Crippen LogP contribution in [0.15, 0.2) is 0 Å². The van der Waals surface area contributed by atoms with Gasteiger partial charge < -0.3 is 45.5 Å². The van der Waals surface area contributed by atoms with E-state index in [1.165, 1.54) is 0 Å². The summed E-state index contributed by atoms with van der Waals surface area (Å²) in [7, 11) is -25.8. The molecular weight excluding hydrogens is 686 g/mol. The van der Waals surface area contributed by atoms with Gasteiger partial charge in [-0.1, -0.05) is 0 Å². The Kier molecular flexibility index (Phi) is 62.1. The predicted octanol–water partition coefficient (Wildman–Crippen LogP) is -10.8. The molecule has 20 nitrogen and oxygen atoms in total. The van der Waals surface area contributed by atoms with Gasteiger partial charge >= 0.3 is 134 Å². The van der Waals surface area contributed by atoms with E-state index in [9.17, 15) is 0 Å². The van der Waals surface area contributed by atoms with Gasteiger partial charge in [0.2, 0.25) is 0 Å². The Balaban J connectivity index is -0.0000000200. The van der Waals surface area contributed by atoms with Gasteiger partial charge in [0, 0.05) is 52.0 Å². The molecule has 0 aliphatic rings. The molecule has 0 aliphatic carbocycles. The van der Waals surface area contributed by atoms with Crippen LogP contribution in [0, 0.1) is 0 Å². The molecule has 0 heterocycles. The van der Waals surface area contributed by atoms with Gasteiger partial charge in [0.05, 0.1) is 0 Å². The van der Waals surface area contributed by atoms with Crippen molar-refractivity contribution in [3.63, 3.8) is 0 Å². The molecule has 0 unspecified atom stereocenters. The standard InChI is InChI=1S/Al.Ca.Mg.Na.5H2O4S.Zr/c;;;;5*1-5(2,3)4;/h;;;;5*(H2,1,2,3,4);/q+3;2*+2;+1;;;;;;+4/p-10. The average molecular weight is 686 g/mol. The molecule has 0 atom stereocenters. The van der Waals surface area contributed by atoms with E-state index in [0.717, 1.165) is 0 Å². The summed E-state index contributed by atoms with van der Waals surface area (Å²) < 4.78 is 170. The average Bonchev–Trinajstić information content (AvgIpc) is 1.79. The van der Waals surface area contributed by atoms with Crippen molar-refractivity contribution in [2.24, 2.45) is 0 Å². The Bertz CT molecular complexity index is 639. The minimum Gasteiger partial charge on any atom is -0.759 e. The summed E-state index contributed by atoms with van der Waals surface area (Å²) in [5.74, 6) is 0. The zero-order chi connectivity index (χ0) is 22.5. The van der Waals surface area contributed by atoms with E-state index in [0.29, 0.717) is 0 Å². The summed E-state index contributed by atoms with van der Waals surface area (Å²) >= 11 is 0. The molecule has 0 N–H and O–H groups in total. The molecule has 0 radical (unpaired) electrons. The van der Waals surface area contributed by atoms with Crippen molar-refractivity contribution >= 4 is 130 Å². The zero-order valence-electron chi connectivity index (χ0n) is 13.7. The van der Waals surface area contributed by atoms with Gasteiger partial charge in [0.1, 0.15) is 0 Å². The van der Waals surface area contributed by atoms with Crippen LogP contribution in [0.1, 0.15) is 0 Å². The summed E-state index contributed by atoms with van der Waals surface area (Å²) in [6.45, 7) is 0. The van der Waals surface area contributed by atoms with Crippen LogP contribution in [0.4, 0.5) is 0 Å². The van der Waals surface area contributed by atoms with Crippen molar-refractivity contribution < 1.29 is 143 Å². The molecule has 0 aromatic rings. The summed E-state index contributed by atoms with van der Waals surface area (Å²) in [6.07, 6.45) is 0. The van der Waals surface area contributed by atoms with E-state index in [1.54, 1.807) is 0 Å². The van der Waals surface area contributed by atoms with Crippen molar-refractivity contribution in [1.82, 2.24) is 0 Å². The first-order valence-electron chi connectivity index (χ1n) is 3.33. The fourth-order valence-corrected chi connectivity index (χ4v) is 0. The monoisotopic (exact) mass is 684 g/mol. The number of hydrogen-bond donors (Lipinski definition) is 0. The van der Waals surface area contributed by atoms with E-state index in [1.807, 2.05) is 0 Å². The van der Waals surface area contributed by atoms with Crippen LogP contribution >= 0.6 is 0 Å². The minimum absolute atomic E-state index is 0. The molecule has 0 saturated heterocycles. The summed E-state index contributed by atoms with van der Waals surface area (Å²) in [5, 5.41) is 0. The van der Waals surface area contributed by atoms with Crippen LogP contribution in [0.3, 0.4) is 0 Å². The maximum absolute atomic E-state index is 8.52. The predicted molar refractivity (Wildman–Crippen MR) is 69.6 cm³/mol. The molecule has 160 valence electrons. The Morgan fingerprint density at radius 3 is 0.367 bits per heavy atom. The zero-order valence-corrected chi connectivity index (χ0v) is 27.0. The maximum atomic E-state index is 8.52. The second-order valence-corrected chi connectivity index (χ2v) is 6.12. The van der Waals surface area contributed by atoms with Crippen LogP contribution in [-0.2, 0) is 78.2 Å². The van der Waals surface area contributed by atoms with Crippen LogP contribution in [0.5, 0.6) is 0 Å². The number of rotatable bonds is 0. The van der Waals surface area contributed by atoms with E-state index in [4.69, 9.17) is 87.6 Å². The molecule has 30 heavy (non-hydrogen) atoms. The summed E-state index contributed by atoms with van der Waals surface area (Å²) in [4.78, 5) is 0. The molecule has 0 rings (SSSR count). The molecular formula is AlCaMgNaO20S5Zr+2. The normalized spacial score (nSPS) is 9.67. The van der Waals surface area contributed by atoms with Gasteiger partial charge in [-0.2, -0.15) is 0 Å². The first-order valence-corrected chi connectivity index (χ1v) is 10.0. The van der Waals surface area contributed by atoms with Gasteiger partial charge in [-0.05, 0) is 0 Å².